The number of rotatable bonds is 5. The first kappa shape index (κ1) is 22.8. The van der Waals surface area contributed by atoms with Crippen LogP contribution in [0.2, 0.25) is 0 Å². The predicted molar refractivity (Wildman–Crippen MR) is 136 cm³/mol. The molecule has 37 heavy (non-hydrogen) atoms. The minimum absolute atomic E-state index is 0.272. The summed E-state index contributed by atoms with van der Waals surface area (Å²) in [6.07, 6.45) is 7.82. The van der Waals surface area contributed by atoms with E-state index in [0.717, 1.165) is 18.8 Å². The summed E-state index contributed by atoms with van der Waals surface area (Å²) in [7, 11) is 5.10. The molecule has 12 nitrogen and oxygen atoms in total. The van der Waals surface area contributed by atoms with Gasteiger partial charge in [-0.25, -0.2) is 14.8 Å². The molecule has 0 aromatic carbocycles. The van der Waals surface area contributed by atoms with Crippen LogP contribution in [-0.4, -0.2) is 54.3 Å². The largest absolute Gasteiger partial charge is 0.454 e. The average molecular weight is 499 g/mol. The van der Waals surface area contributed by atoms with Gasteiger partial charge in [0.25, 0.3) is 0 Å². The molecule has 188 valence electrons. The van der Waals surface area contributed by atoms with Crippen LogP contribution in [0.5, 0.6) is 11.5 Å². The molecule has 1 spiro atoms. The Morgan fingerprint density at radius 3 is 2.81 bits per heavy atom. The molecular weight excluding hydrogens is 472 g/mol. The van der Waals surface area contributed by atoms with Crippen LogP contribution in [0.3, 0.4) is 0 Å². The first-order chi connectivity index (χ1) is 17.9. The molecule has 0 bridgehead atoms. The highest BCUT2D eigenvalue weighted by Crippen LogP contribution is 2.54. The number of nitrogens with zero attached hydrogens (tertiary/aromatic N) is 8. The molecule has 2 aliphatic rings. The van der Waals surface area contributed by atoms with Gasteiger partial charge in [-0.2, -0.15) is 15.3 Å². The second-order valence-electron chi connectivity index (χ2n) is 9.73. The summed E-state index contributed by atoms with van der Waals surface area (Å²) < 4.78 is 9.89. The quantitative estimate of drug-likeness (QED) is 0.423. The van der Waals surface area contributed by atoms with E-state index in [1.165, 1.54) is 42.2 Å². The maximum atomic E-state index is 12.0. The van der Waals surface area contributed by atoms with Crippen molar-refractivity contribution in [2.24, 2.45) is 7.05 Å². The smallest absolute Gasteiger partial charge is 0.322 e. The number of nitrogens with one attached hydrogen (secondary N) is 2. The molecule has 0 unspecified atom stereocenters. The Labute approximate surface area is 212 Å². The molecule has 1 fully saturated rings. The van der Waals surface area contributed by atoms with Gasteiger partial charge >= 0.3 is 6.03 Å². The number of fused-ring (bicyclic) bond motifs is 3. The molecule has 0 atom stereocenters. The van der Waals surface area contributed by atoms with E-state index < -0.39 is 0 Å². The number of pyridine rings is 2. The summed E-state index contributed by atoms with van der Waals surface area (Å²) in [5, 5.41) is 20.8. The number of amides is 2. The minimum atomic E-state index is -0.314. The highest BCUT2D eigenvalue weighted by Gasteiger charge is 2.48. The van der Waals surface area contributed by atoms with Gasteiger partial charge in [0.1, 0.15) is 28.7 Å². The minimum Gasteiger partial charge on any atom is -0.454 e. The lowest BCUT2D eigenvalue weighted by Crippen LogP contribution is -2.27. The third-order valence-corrected chi connectivity index (χ3v) is 7.02. The number of hydrogen-bond acceptors (Lipinski definition) is 8. The maximum absolute atomic E-state index is 12.0. The van der Waals surface area contributed by atoms with Gasteiger partial charge in [-0.1, -0.05) is 0 Å². The van der Waals surface area contributed by atoms with Crippen LogP contribution in [0.1, 0.15) is 36.9 Å². The molecule has 4 aromatic rings. The van der Waals surface area contributed by atoms with Crippen molar-refractivity contribution in [3.05, 3.63) is 41.9 Å². The summed E-state index contributed by atoms with van der Waals surface area (Å²) >= 11 is 0. The molecule has 5 heterocycles. The Morgan fingerprint density at radius 1 is 1.22 bits per heavy atom. The summed E-state index contributed by atoms with van der Waals surface area (Å²) in [4.78, 5) is 26.5. The van der Waals surface area contributed by atoms with Crippen LogP contribution in [0.15, 0.2) is 30.6 Å². The van der Waals surface area contributed by atoms with E-state index in [0.29, 0.717) is 39.7 Å². The fourth-order valence-electron chi connectivity index (χ4n) is 4.89. The molecular formula is C25H26N10O2. The number of urea groups is 1. The van der Waals surface area contributed by atoms with Crippen LogP contribution in [-0.2, 0) is 19.0 Å². The standard InChI is InChI=1S/C25H26N10O2/c1-33(2)24(36)30-19-11-15(5-9-27-19)37-17-14-28-22-21(16(17)13-26)34(3)23(31-22)29-20-12-18-25(7-8-25)6-4-10-35(18)32-20/h5,9,11-12,14H,4,6-8,10H2,1-3H3,(H,27,30,36)(H,28,29,31,32). The average Bonchev–Trinajstić information content (AvgIpc) is 3.40. The zero-order valence-corrected chi connectivity index (χ0v) is 20.8. The first-order valence-corrected chi connectivity index (χ1v) is 12.1. The fourth-order valence-corrected chi connectivity index (χ4v) is 4.89. The molecule has 4 aromatic heterocycles. The van der Waals surface area contributed by atoms with Gasteiger partial charge in [-0.15, -0.1) is 0 Å². The van der Waals surface area contributed by atoms with Crippen molar-refractivity contribution in [3.63, 3.8) is 0 Å². The fraction of sp³-hybridized carbons (Fsp3) is 0.360. The van der Waals surface area contributed by atoms with E-state index >= 15 is 0 Å². The SMILES string of the molecule is CN(C)C(=O)Nc1cc(Oc2cnc3nc(Nc4cc5n(n4)CCCC54CC4)n(C)c3c2C#N)ccn1. The van der Waals surface area contributed by atoms with Crippen molar-refractivity contribution in [1.29, 1.82) is 5.26 Å². The Bertz CT molecular complexity index is 1570. The molecule has 0 radical (unpaired) electrons. The Hall–Kier alpha value is -4.66. The van der Waals surface area contributed by atoms with Crippen molar-refractivity contribution in [2.45, 2.75) is 37.6 Å². The number of aromatic nitrogens is 6. The Morgan fingerprint density at radius 2 is 2.05 bits per heavy atom. The monoisotopic (exact) mass is 498 g/mol. The highest BCUT2D eigenvalue weighted by molar-refractivity contribution is 5.88. The van der Waals surface area contributed by atoms with Crippen molar-refractivity contribution in [1.82, 2.24) is 34.2 Å². The summed E-state index contributed by atoms with van der Waals surface area (Å²) in [6, 6.07) is 7.26. The van der Waals surface area contributed by atoms with Gasteiger partial charge < -0.3 is 19.5 Å². The third kappa shape index (κ3) is 3.98. The van der Waals surface area contributed by atoms with Crippen LogP contribution >= 0.6 is 0 Å². The van der Waals surface area contributed by atoms with Gasteiger partial charge in [-0.05, 0) is 31.7 Å². The third-order valence-electron chi connectivity index (χ3n) is 7.02. The van der Waals surface area contributed by atoms with Crippen molar-refractivity contribution in [2.75, 3.05) is 24.7 Å². The zero-order chi connectivity index (χ0) is 25.7. The van der Waals surface area contributed by atoms with E-state index in [4.69, 9.17) is 9.84 Å². The number of anilines is 3. The van der Waals surface area contributed by atoms with Crippen molar-refractivity contribution < 1.29 is 9.53 Å². The normalized spacial score (nSPS) is 15.2. The van der Waals surface area contributed by atoms with Crippen LogP contribution in [0.25, 0.3) is 11.2 Å². The van der Waals surface area contributed by atoms with Gasteiger partial charge in [0, 0.05) is 57.1 Å². The molecule has 1 aliphatic heterocycles. The summed E-state index contributed by atoms with van der Waals surface area (Å²) in [5.74, 6) is 2.27. The van der Waals surface area contributed by atoms with Crippen molar-refractivity contribution in [3.8, 4) is 17.6 Å². The second-order valence-corrected chi connectivity index (χ2v) is 9.73. The van der Waals surface area contributed by atoms with E-state index in [-0.39, 0.29) is 11.8 Å². The second kappa shape index (κ2) is 8.48. The Balaban J connectivity index is 1.29. The first-order valence-electron chi connectivity index (χ1n) is 12.1. The number of ether oxygens (including phenoxy) is 1. The summed E-state index contributed by atoms with van der Waals surface area (Å²) in [5.41, 5.74) is 2.86. The lowest BCUT2D eigenvalue weighted by atomic mass is 9.93. The molecule has 1 saturated carbocycles. The number of nitriles is 1. The molecule has 1 aliphatic carbocycles. The van der Waals surface area contributed by atoms with E-state index in [1.807, 2.05) is 7.05 Å². The van der Waals surface area contributed by atoms with Gasteiger partial charge in [0.05, 0.1) is 6.20 Å². The number of hydrogen-bond donors (Lipinski definition) is 2. The Kier molecular flexibility index (Phi) is 5.22. The number of imidazole rings is 1. The van der Waals surface area contributed by atoms with Gasteiger partial charge in [0.15, 0.2) is 17.2 Å². The molecule has 2 amide bonds. The molecule has 6 rings (SSSR count). The maximum Gasteiger partial charge on any atom is 0.322 e. The van der Waals surface area contributed by atoms with Gasteiger partial charge in [-0.3, -0.25) is 10.00 Å². The van der Waals surface area contributed by atoms with Crippen molar-refractivity contribution >= 4 is 34.8 Å². The number of carbonyl (C=O) groups is 1. The summed E-state index contributed by atoms with van der Waals surface area (Å²) in [6.45, 7) is 0.928. The molecule has 2 N–H and O–H groups in total. The van der Waals surface area contributed by atoms with E-state index in [1.54, 1.807) is 30.8 Å². The topological polar surface area (TPSA) is 139 Å². The van der Waals surface area contributed by atoms with Gasteiger partial charge in [0.2, 0.25) is 5.95 Å². The van der Waals surface area contributed by atoms with Crippen LogP contribution in [0, 0.1) is 11.3 Å². The van der Waals surface area contributed by atoms with Crippen LogP contribution < -0.4 is 15.4 Å². The predicted octanol–water partition coefficient (Wildman–Crippen LogP) is 3.89. The zero-order valence-electron chi connectivity index (χ0n) is 20.8. The van der Waals surface area contributed by atoms with Crippen LogP contribution in [0.4, 0.5) is 22.4 Å². The number of carbonyl (C=O) groups excluding carboxylic acids is 1. The van der Waals surface area contributed by atoms with E-state index in [9.17, 15) is 10.1 Å². The highest BCUT2D eigenvalue weighted by atomic mass is 16.5. The molecule has 0 saturated heterocycles. The molecule has 12 heteroatoms. The van der Waals surface area contributed by atoms with E-state index in [2.05, 4.69) is 42.4 Å². The lowest BCUT2D eigenvalue weighted by Gasteiger charge is -2.22. The number of aryl methyl sites for hydroxylation is 2. The lowest BCUT2D eigenvalue weighted by molar-refractivity contribution is 0.230.